The van der Waals surface area contributed by atoms with Crippen molar-refractivity contribution in [2.45, 2.75) is 0 Å². The summed E-state index contributed by atoms with van der Waals surface area (Å²) in [4.78, 5) is 9.51. The van der Waals surface area contributed by atoms with Gasteiger partial charge in [-0.2, -0.15) is 0 Å². The molecule has 2 aliphatic rings. The lowest BCUT2D eigenvalue weighted by Gasteiger charge is -1.87. The van der Waals surface area contributed by atoms with Gasteiger partial charge in [0.1, 0.15) is 0 Å². The molecule has 0 saturated heterocycles. The summed E-state index contributed by atoms with van der Waals surface area (Å²) in [5.41, 5.74) is 0.0370. The van der Waals surface area contributed by atoms with E-state index in [-0.39, 0.29) is 11.5 Å². The maximum atomic E-state index is 10.2. The molecule has 2 rings (SSSR count). The SMILES string of the molecule is O=[N+]([O-])C1=NN=C2N=NN=C21. The first-order valence-corrected chi connectivity index (χ1v) is 2.58. The van der Waals surface area contributed by atoms with Crippen molar-refractivity contribution in [1.29, 1.82) is 0 Å². The molecule has 11 heavy (non-hydrogen) atoms. The summed E-state index contributed by atoms with van der Waals surface area (Å²) >= 11 is 0. The number of rotatable bonds is 0. The van der Waals surface area contributed by atoms with Crippen molar-refractivity contribution in [2.75, 3.05) is 0 Å². The zero-order valence-corrected chi connectivity index (χ0v) is 5.00. The van der Waals surface area contributed by atoms with E-state index >= 15 is 0 Å². The molecule has 0 atom stereocenters. The lowest BCUT2D eigenvalue weighted by atomic mass is 10.3. The van der Waals surface area contributed by atoms with Crippen molar-refractivity contribution in [3.05, 3.63) is 10.1 Å². The maximum absolute atomic E-state index is 10.2. The Morgan fingerprint density at radius 1 is 1.27 bits per heavy atom. The molecule has 0 fully saturated rings. The molecule has 0 N–H and O–H groups in total. The molecular formula is C3N6O2. The molecule has 8 nitrogen and oxygen atoms in total. The Hall–Kier alpha value is -1.99. The van der Waals surface area contributed by atoms with E-state index in [9.17, 15) is 10.1 Å². The molecule has 2 aliphatic heterocycles. The zero-order valence-electron chi connectivity index (χ0n) is 5.00. The van der Waals surface area contributed by atoms with Gasteiger partial charge < -0.3 is 10.1 Å². The Labute approximate surface area is 59.2 Å². The summed E-state index contributed by atoms with van der Waals surface area (Å²) in [6.07, 6.45) is 0. The van der Waals surface area contributed by atoms with Crippen LogP contribution >= 0.6 is 0 Å². The van der Waals surface area contributed by atoms with E-state index in [1.165, 1.54) is 0 Å². The summed E-state index contributed by atoms with van der Waals surface area (Å²) < 4.78 is 0. The minimum absolute atomic E-state index is 0.0370. The smallest absolute Gasteiger partial charge is 0.358 e. The van der Waals surface area contributed by atoms with Gasteiger partial charge in [0.15, 0.2) is 0 Å². The normalized spacial score (nSPS) is 19.1. The number of nitro groups is 1. The molecule has 8 heteroatoms. The highest BCUT2D eigenvalue weighted by Gasteiger charge is 2.36. The minimum Gasteiger partial charge on any atom is -0.358 e. The lowest BCUT2D eigenvalue weighted by molar-refractivity contribution is -0.345. The van der Waals surface area contributed by atoms with Crippen LogP contribution in [0.5, 0.6) is 0 Å². The molecule has 0 spiro atoms. The molecular weight excluding hydrogens is 152 g/mol. The third-order valence-corrected chi connectivity index (χ3v) is 1.12. The molecule has 54 valence electrons. The van der Waals surface area contributed by atoms with E-state index in [0.29, 0.717) is 0 Å². The van der Waals surface area contributed by atoms with E-state index in [1.807, 2.05) is 0 Å². The molecule has 0 aromatic rings. The molecule has 0 bridgehead atoms. The van der Waals surface area contributed by atoms with E-state index in [2.05, 4.69) is 25.6 Å². The Morgan fingerprint density at radius 2 is 2.09 bits per heavy atom. The van der Waals surface area contributed by atoms with Gasteiger partial charge in [-0.1, -0.05) is 0 Å². The maximum Gasteiger partial charge on any atom is 0.422 e. The molecule has 2 heterocycles. The molecule has 0 amide bonds. The van der Waals surface area contributed by atoms with Gasteiger partial charge in [0.2, 0.25) is 5.71 Å². The van der Waals surface area contributed by atoms with Crippen LogP contribution in [0.3, 0.4) is 0 Å². The van der Waals surface area contributed by atoms with Crippen molar-refractivity contribution < 1.29 is 4.92 Å². The monoisotopic (exact) mass is 152 g/mol. The number of amidine groups is 2. The van der Waals surface area contributed by atoms with Gasteiger partial charge in [-0.3, -0.25) is 0 Å². The van der Waals surface area contributed by atoms with Crippen molar-refractivity contribution in [3.8, 4) is 0 Å². The average Bonchev–Trinajstić information content (AvgIpc) is 2.41. The average molecular weight is 152 g/mol. The second-order valence-electron chi connectivity index (χ2n) is 1.74. The summed E-state index contributed by atoms with van der Waals surface area (Å²) in [6.45, 7) is 0. The van der Waals surface area contributed by atoms with Gasteiger partial charge in [-0.15, -0.1) is 10.2 Å². The second-order valence-corrected chi connectivity index (χ2v) is 1.74. The van der Waals surface area contributed by atoms with Gasteiger partial charge in [0, 0.05) is 0 Å². The zero-order chi connectivity index (χ0) is 7.84. The predicted molar refractivity (Wildman–Crippen MR) is 34.2 cm³/mol. The topological polar surface area (TPSA) is 105 Å². The number of hydrogen-bond acceptors (Lipinski definition) is 7. The fraction of sp³-hybridized carbons (Fsp3) is 0. The summed E-state index contributed by atoms with van der Waals surface area (Å²) in [7, 11) is 0. The number of nitrogens with zero attached hydrogens (tertiary/aromatic N) is 6. The molecule has 0 aromatic carbocycles. The van der Waals surface area contributed by atoms with Crippen molar-refractivity contribution in [2.24, 2.45) is 25.6 Å². The Kier molecular flexibility index (Phi) is 0.916. The first-order valence-electron chi connectivity index (χ1n) is 2.58. The molecule has 0 saturated carbocycles. The van der Waals surface area contributed by atoms with E-state index in [0.717, 1.165) is 0 Å². The van der Waals surface area contributed by atoms with E-state index < -0.39 is 10.8 Å². The summed E-state index contributed by atoms with van der Waals surface area (Å²) in [6, 6.07) is 0. The predicted octanol–water partition coefficient (Wildman–Crippen LogP) is -0.190. The Bertz CT molecular complexity index is 349. The van der Waals surface area contributed by atoms with Crippen LogP contribution in [0, 0.1) is 10.1 Å². The standard InChI is InChI=1S/C3N6O2/c10-9(11)3-1-2(5-7-3)6-8-4-1. The third kappa shape index (κ3) is 0.655. The lowest BCUT2D eigenvalue weighted by Crippen LogP contribution is -2.23. The van der Waals surface area contributed by atoms with Crippen LogP contribution in [0.4, 0.5) is 0 Å². The number of hydrogen-bond donors (Lipinski definition) is 0. The highest BCUT2D eigenvalue weighted by atomic mass is 16.6. The van der Waals surface area contributed by atoms with Crippen molar-refractivity contribution >= 4 is 17.4 Å². The van der Waals surface area contributed by atoms with Gasteiger partial charge in [-0.25, -0.2) is 0 Å². The third-order valence-electron chi connectivity index (χ3n) is 1.12. The van der Waals surface area contributed by atoms with Crippen molar-refractivity contribution in [1.82, 2.24) is 0 Å². The van der Waals surface area contributed by atoms with Gasteiger partial charge in [0.05, 0.1) is 5.10 Å². The fourth-order valence-electron chi connectivity index (χ4n) is 0.679. The highest BCUT2D eigenvalue weighted by Crippen LogP contribution is 2.08. The van der Waals surface area contributed by atoms with Crippen LogP contribution in [-0.2, 0) is 0 Å². The fourth-order valence-corrected chi connectivity index (χ4v) is 0.679. The highest BCUT2D eigenvalue weighted by molar-refractivity contribution is 6.68. The summed E-state index contributed by atoms with van der Waals surface area (Å²) in [5.74, 6) is -0.290. The van der Waals surface area contributed by atoms with Crippen LogP contribution in [0.1, 0.15) is 0 Å². The van der Waals surface area contributed by atoms with Crippen LogP contribution in [0.15, 0.2) is 25.6 Å². The largest absolute Gasteiger partial charge is 0.422 e. The van der Waals surface area contributed by atoms with Gasteiger partial charge >= 0.3 is 5.84 Å². The van der Waals surface area contributed by atoms with Gasteiger partial charge in [-0.05, 0) is 15.2 Å². The quantitative estimate of drug-likeness (QED) is 0.354. The molecule has 0 unspecified atom stereocenters. The van der Waals surface area contributed by atoms with E-state index in [1.54, 1.807) is 0 Å². The van der Waals surface area contributed by atoms with Crippen LogP contribution in [-0.4, -0.2) is 22.3 Å². The Balaban J connectivity index is 2.41. The first kappa shape index (κ1) is 5.77. The van der Waals surface area contributed by atoms with Gasteiger partial charge in [0.25, 0.3) is 5.84 Å². The second kappa shape index (κ2) is 1.75. The Morgan fingerprint density at radius 3 is 2.82 bits per heavy atom. The van der Waals surface area contributed by atoms with E-state index in [4.69, 9.17) is 0 Å². The molecule has 0 aliphatic carbocycles. The number of fused-ring (bicyclic) bond motifs is 1. The molecule has 0 radical (unpaired) electrons. The first-order chi connectivity index (χ1) is 5.29. The van der Waals surface area contributed by atoms with Crippen molar-refractivity contribution in [3.63, 3.8) is 0 Å². The van der Waals surface area contributed by atoms with Crippen LogP contribution in [0.2, 0.25) is 0 Å². The minimum atomic E-state index is -0.675. The van der Waals surface area contributed by atoms with Crippen LogP contribution < -0.4 is 0 Å². The van der Waals surface area contributed by atoms with Crippen LogP contribution in [0.25, 0.3) is 0 Å². The summed E-state index contributed by atoms with van der Waals surface area (Å²) in [5, 5.41) is 26.7. The molecule has 0 aromatic heterocycles.